The van der Waals surface area contributed by atoms with Crippen molar-refractivity contribution < 1.29 is 9.18 Å². The molecule has 0 spiro atoms. The summed E-state index contributed by atoms with van der Waals surface area (Å²) in [4.78, 5) is 16.3. The second-order valence-electron chi connectivity index (χ2n) is 8.23. The van der Waals surface area contributed by atoms with E-state index < -0.39 is 11.7 Å². The highest BCUT2D eigenvalue weighted by molar-refractivity contribution is 5.99. The minimum atomic E-state index is -0.762. The molecule has 2 aromatic heterocycles. The number of pyridine rings is 1. The van der Waals surface area contributed by atoms with Crippen molar-refractivity contribution in [2.45, 2.75) is 51.7 Å². The molecular weight excluding hydrogens is 397 g/mol. The number of hydrogen-bond donors (Lipinski definition) is 4. The molecule has 0 saturated heterocycles. The minimum absolute atomic E-state index is 0.0216. The topological polar surface area (TPSA) is 124 Å². The summed E-state index contributed by atoms with van der Waals surface area (Å²) in [7, 11) is 0. The highest BCUT2D eigenvalue weighted by Crippen LogP contribution is 2.35. The number of carbonyl (C=O) groups is 1. The number of halogens is 1. The number of hydrogen-bond acceptors (Lipinski definition) is 6. The number of nitrogens with one attached hydrogen (secondary N) is 2. The number of rotatable bonds is 9. The lowest BCUT2D eigenvalue weighted by molar-refractivity contribution is 0.100. The van der Waals surface area contributed by atoms with Crippen molar-refractivity contribution in [1.82, 2.24) is 14.8 Å². The fourth-order valence-electron chi connectivity index (χ4n) is 3.70. The average Bonchev–Trinajstić information content (AvgIpc) is 3.46. The largest absolute Gasteiger partial charge is 0.365 e. The van der Waals surface area contributed by atoms with Gasteiger partial charge in [-0.25, -0.2) is 9.37 Å². The summed E-state index contributed by atoms with van der Waals surface area (Å²) in [6, 6.07) is 6.51. The number of amides is 1. The van der Waals surface area contributed by atoms with Crippen LogP contribution in [0.1, 0.15) is 43.5 Å². The van der Waals surface area contributed by atoms with Gasteiger partial charge < -0.3 is 22.1 Å². The standard InChI is InChI=1S/C22H28FN7O/c1-3-30-19-9-15(7-6-14(19)11-26-30)27-21-16(20(25)31)10-17(23)22(29-21)28-18(12(2)24)8-13-4-5-13/h6-7,9-13,18H,3-5,8,24H2,1-2H3,(H2,25,31)(H2,27,28,29)/t12-,18+/m0/s1. The van der Waals surface area contributed by atoms with Crippen molar-refractivity contribution in [3.05, 3.63) is 41.8 Å². The molecule has 1 aliphatic carbocycles. The number of nitrogens with two attached hydrogens (primary N) is 2. The number of nitrogens with zero attached hydrogens (tertiary/aromatic N) is 3. The van der Waals surface area contributed by atoms with Gasteiger partial charge in [0.25, 0.3) is 5.91 Å². The van der Waals surface area contributed by atoms with Crippen molar-refractivity contribution in [2.24, 2.45) is 17.4 Å². The van der Waals surface area contributed by atoms with E-state index in [2.05, 4.69) is 20.7 Å². The van der Waals surface area contributed by atoms with Gasteiger partial charge in [-0.3, -0.25) is 9.48 Å². The molecule has 0 aliphatic heterocycles. The Hall–Kier alpha value is -3.20. The van der Waals surface area contributed by atoms with E-state index in [4.69, 9.17) is 11.5 Å². The van der Waals surface area contributed by atoms with Crippen molar-refractivity contribution in [3.63, 3.8) is 0 Å². The molecule has 1 saturated carbocycles. The van der Waals surface area contributed by atoms with Gasteiger partial charge in [0.1, 0.15) is 5.82 Å². The zero-order valence-electron chi connectivity index (χ0n) is 17.7. The third-order valence-electron chi connectivity index (χ3n) is 5.69. The van der Waals surface area contributed by atoms with Crippen molar-refractivity contribution in [1.29, 1.82) is 0 Å². The number of aryl methyl sites for hydroxylation is 1. The Morgan fingerprint density at radius 2 is 2.10 bits per heavy atom. The third kappa shape index (κ3) is 4.61. The molecule has 9 heteroatoms. The molecule has 2 heterocycles. The molecule has 1 amide bonds. The van der Waals surface area contributed by atoms with Gasteiger partial charge >= 0.3 is 0 Å². The summed E-state index contributed by atoms with van der Waals surface area (Å²) in [5, 5.41) is 11.6. The lowest BCUT2D eigenvalue weighted by atomic mass is 10.0. The second kappa shape index (κ2) is 8.50. The Labute approximate surface area is 180 Å². The Morgan fingerprint density at radius 3 is 2.74 bits per heavy atom. The smallest absolute Gasteiger partial charge is 0.252 e. The summed E-state index contributed by atoms with van der Waals surface area (Å²) >= 11 is 0. The van der Waals surface area contributed by atoms with Gasteiger partial charge in [-0.2, -0.15) is 5.10 Å². The number of benzene rings is 1. The van der Waals surface area contributed by atoms with E-state index in [9.17, 15) is 9.18 Å². The quantitative estimate of drug-likeness (QED) is 0.417. The molecule has 164 valence electrons. The number of primary amides is 1. The van der Waals surface area contributed by atoms with Gasteiger partial charge in [-0.05, 0) is 50.5 Å². The van der Waals surface area contributed by atoms with Crippen LogP contribution in [-0.4, -0.2) is 32.8 Å². The van der Waals surface area contributed by atoms with E-state index in [0.717, 1.165) is 29.9 Å². The van der Waals surface area contributed by atoms with E-state index in [0.29, 0.717) is 11.6 Å². The maximum absolute atomic E-state index is 14.8. The molecule has 6 N–H and O–H groups in total. The van der Waals surface area contributed by atoms with Crippen molar-refractivity contribution in [2.75, 3.05) is 10.6 Å². The zero-order valence-corrected chi connectivity index (χ0v) is 17.7. The molecule has 1 aliphatic rings. The summed E-state index contributed by atoms with van der Waals surface area (Å²) in [6.45, 7) is 4.62. The summed E-state index contributed by atoms with van der Waals surface area (Å²) in [5.41, 5.74) is 13.2. The van der Waals surface area contributed by atoms with Crippen LogP contribution < -0.4 is 22.1 Å². The molecule has 2 atom stereocenters. The van der Waals surface area contributed by atoms with E-state index in [1.54, 1.807) is 6.20 Å². The van der Waals surface area contributed by atoms with Crippen LogP contribution in [0.3, 0.4) is 0 Å². The summed E-state index contributed by atoms with van der Waals surface area (Å²) in [5.74, 6) is -0.547. The lowest BCUT2D eigenvalue weighted by Crippen LogP contribution is -2.39. The monoisotopic (exact) mass is 425 g/mol. The van der Waals surface area contributed by atoms with Gasteiger partial charge in [0.05, 0.1) is 17.3 Å². The van der Waals surface area contributed by atoms with Crippen LogP contribution in [-0.2, 0) is 6.54 Å². The fraction of sp³-hybridized carbons (Fsp3) is 0.409. The van der Waals surface area contributed by atoms with Gasteiger partial charge in [0.2, 0.25) is 0 Å². The summed E-state index contributed by atoms with van der Waals surface area (Å²) < 4.78 is 16.6. The van der Waals surface area contributed by atoms with Crippen LogP contribution in [0, 0.1) is 11.7 Å². The predicted molar refractivity (Wildman–Crippen MR) is 120 cm³/mol. The van der Waals surface area contributed by atoms with E-state index in [1.807, 2.05) is 36.7 Å². The van der Waals surface area contributed by atoms with Crippen LogP contribution >= 0.6 is 0 Å². The molecule has 0 bridgehead atoms. The SMILES string of the molecule is CCn1ncc2ccc(Nc3nc(N[C@H](CC4CC4)[C@H](C)N)c(F)cc3C(N)=O)cc21. The molecule has 0 radical (unpaired) electrons. The number of anilines is 3. The first kappa shape index (κ1) is 21.0. The van der Waals surface area contributed by atoms with Crippen LogP contribution in [0.4, 0.5) is 21.7 Å². The molecule has 1 fully saturated rings. The molecule has 31 heavy (non-hydrogen) atoms. The molecule has 3 aromatic rings. The minimum Gasteiger partial charge on any atom is -0.365 e. The highest BCUT2D eigenvalue weighted by Gasteiger charge is 2.28. The number of carbonyl (C=O) groups excluding carboxylic acids is 1. The van der Waals surface area contributed by atoms with E-state index >= 15 is 0 Å². The average molecular weight is 426 g/mol. The third-order valence-corrected chi connectivity index (χ3v) is 5.69. The van der Waals surface area contributed by atoms with Gasteiger partial charge in [0.15, 0.2) is 11.6 Å². The molecule has 1 aromatic carbocycles. The van der Waals surface area contributed by atoms with Crippen LogP contribution in [0.2, 0.25) is 0 Å². The highest BCUT2D eigenvalue weighted by atomic mass is 19.1. The summed E-state index contributed by atoms with van der Waals surface area (Å²) in [6.07, 6.45) is 5.00. The Kier molecular flexibility index (Phi) is 5.77. The van der Waals surface area contributed by atoms with Crippen LogP contribution in [0.15, 0.2) is 30.5 Å². The first-order valence-corrected chi connectivity index (χ1v) is 10.6. The molecule has 0 unspecified atom stereocenters. The fourth-order valence-corrected chi connectivity index (χ4v) is 3.70. The Balaban J connectivity index is 1.66. The Morgan fingerprint density at radius 1 is 1.32 bits per heavy atom. The molecule has 4 rings (SSSR count). The maximum atomic E-state index is 14.8. The number of aromatic nitrogens is 3. The lowest BCUT2D eigenvalue weighted by Gasteiger charge is -2.24. The van der Waals surface area contributed by atoms with Gasteiger partial charge in [-0.1, -0.05) is 12.8 Å². The van der Waals surface area contributed by atoms with Crippen LogP contribution in [0.5, 0.6) is 0 Å². The first-order chi connectivity index (χ1) is 14.9. The van der Waals surface area contributed by atoms with Crippen LogP contribution in [0.25, 0.3) is 10.9 Å². The van der Waals surface area contributed by atoms with E-state index in [1.165, 1.54) is 12.8 Å². The maximum Gasteiger partial charge on any atom is 0.252 e. The second-order valence-corrected chi connectivity index (χ2v) is 8.23. The van der Waals surface area contributed by atoms with Gasteiger partial charge in [-0.15, -0.1) is 0 Å². The predicted octanol–water partition coefficient (Wildman–Crippen LogP) is 3.36. The number of fused-ring (bicyclic) bond motifs is 1. The zero-order chi connectivity index (χ0) is 22.1. The van der Waals surface area contributed by atoms with Crippen molar-refractivity contribution in [3.8, 4) is 0 Å². The first-order valence-electron chi connectivity index (χ1n) is 10.6. The normalized spacial score (nSPS) is 15.6. The van der Waals surface area contributed by atoms with Crippen molar-refractivity contribution >= 4 is 34.1 Å². The molecule has 8 nitrogen and oxygen atoms in total. The van der Waals surface area contributed by atoms with E-state index in [-0.39, 0.29) is 29.3 Å². The Bertz CT molecular complexity index is 1110. The molecular formula is C22H28FN7O. The van der Waals surface area contributed by atoms with Gasteiger partial charge in [0, 0.05) is 29.7 Å².